The van der Waals surface area contributed by atoms with Crippen molar-refractivity contribution in [2.24, 2.45) is 5.73 Å². The first-order valence-electron chi connectivity index (χ1n) is 9.52. The van der Waals surface area contributed by atoms with E-state index in [2.05, 4.69) is 10.6 Å². The standard InChI is InChI=1S/C19H29N3O5S/c1-12-10-16(13(2)17(11-12)28(25,26)27)22-18(23)9-8-15(20)19(24)21-14-6-4-3-5-7-14/h10-11,14-15H,3-9,20H2,1-2H3,(H,21,24)(H,22,23)(H,25,26,27). The first kappa shape index (κ1) is 22.3. The van der Waals surface area contributed by atoms with Crippen LogP contribution in [0, 0.1) is 13.8 Å². The van der Waals surface area contributed by atoms with Gasteiger partial charge in [0.25, 0.3) is 10.1 Å². The second-order valence-electron chi connectivity index (χ2n) is 7.45. The number of nitrogens with two attached hydrogens (primary N) is 1. The lowest BCUT2D eigenvalue weighted by Crippen LogP contribution is -2.46. The van der Waals surface area contributed by atoms with Gasteiger partial charge in [-0.15, -0.1) is 0 Å². The molecule has 1 saturated carbocycles. The third kappa shape index (κ3) is 6.29. The van der Waals surface area contributed by atoms with Gasteiger partial charge in [0.15, 0.2) is 0 Å². The molecule has 1 atom stereocenters. The summed E-state index contributed by atoms with van der Waals surface area (Å²) < 4.78 is 32.3. The lowest BCUT2D eigenvalue weighted by molar-refractivity contribution is -0.123. The van der Waals surface area contributed by atoms with Gasteiger partial charge < -0.3 is 16.4 Å². The lowest BCUT2D eigenvalue weighted by Gasteiger charge is -2.24. The van der Waals surface area contributed by atoms with E-state index in [9.17, 15) is 22.6 Å². The molecular weight excluding hydrogens is 382 g/mol. The quantitative estimate of drug-likeness (QED) is 0.507. The molecule has 0 heterocycles. The van der Waals surface area contributed by atoms with Crippen LogP contribution in [0.15, 0.2) is 17.0 Å². The van der Waals surface area contributed by atoms with Gasteiger partial charge in [-0.3, -0.25) is 14.1 Å². The van der Waals surface area contributed by atoms with E-state index in [1.165, 1.54) is 19.4 Å². The summed E-state index contributed by atoms with van der Waals surface area (Å²) in [7, 11) is -4.39. The van der Waals surface area contributed by atoms with Gasteiger partial charge in [0, 0.05) is 18.2 Å². The average molecular weight is 412 g/mol. The summed E-state index contributed by atoms with van der Waals surface area (Å²) in [5, 5.41) is 5.58. The molecule has 5 N–H and O–H groups in total. The lowest BCUT2D eigenvalue weighted by atomic mass is 9.95. The van der Waals surface area contributed by atoms with Crippen molar-refractivity contribution in [1.82, 2.24) is 5.32 Å². The number of benzene rings is 1. The molecule has 156 valence electrons. The van der Waals surface area contributed by atoms with Gasteiger partial charge in [0.05, 0.1) is 10.9 Å². The Kier molecular flexibility index (Phi) is 7.56. The summed E-state index contributed by atoms with van der Waals surface area (Å²) in [5.41, 5.74) is 7.04. The molecule has 8 nitrogen and oxygen atoms in total. The third-order valence-electron chi connectivity index (χ3n) is 5.03. The number of amides is 2. The molecule has 28 heavy (non-hydrogen) atoms. The zero-order valence-corrected chi connectivity index (χ0v) is 17.1. The van der Waals surface area contributed by atoms with E-state index >= 15 is 0 Å². The topological polar surface area (TPSA) is 139 Å². The van der Waals surface area contributed by atoms with Crippen LogP contribution in [-0.2, 0) is 19.7 Å². The van der Waals surface area contributed by atoms with Crippen LogP contribution in [-0.4, -0.2) is 36.9 Å². The van der Waals surface area contributed by atoms with Gasteiger partial charge in [0.2, 0.25) is 11.8 Å². The molecule has 0 aliphatic heterocycles. The molecule has 9 heteroatoms. The van der Waals surface area contributed by atoms with Crippen molar-refractivity contribution in [2.75, 3.05) is 5.32 Å². The number of hydrogen-bond donors (Lipinski definition) is 4. The molecule has 0 bridgehead atoms. The fourth-order valence-corrected chi connectivity index (χ4v) is 4.24. The zero-order chi connectivity index (χ0) is 20.9. The van der Waals surface area contributed by atoms with E-state index in [1.54, 1.807) is 13.0 Å². The molecule has 1 aromatic carbocycles. The van der Waals surface area contributed by atoms with Crippen molar-refractivity contribution < 1.29 is 22.6 Å². The molecule has 1 fully saturated rings. The van der Waals surface area contributed by atoms with Crippen molar-refractivity contribution in [3.8, 4) is 0 Å². The molecule has 1 aliphatic rings. The van der Waals surface area contributed by atoms with Crippen molar-refractivity contribution in [3.05, 3.63) is 23.3 Å². The number of nitrogens with one attached hydrogen (secondary N) is 2. The maximum atomic E-state index is 12.2. The highest BCUT2D eigenvalue weighted by Crippen LogP contribution is 2.25. The summed E-state index contributed by atoms with van der Waals surface area (Å²) in [6, 6.07) is 2.35. The maximum absolute atomic E-state index is 12.2. The Morgan fingerprint density at radius 2 is 1.86 bits per heavy atom. The molecule has 0 radical (unpaired) electrons. The Balaban J connectivity index is 1.91. The van der Waals surface area contributed by atoms with E-state index in [0.717, 1.165) is 25.7 Å². The predicted octanol–water partition coefficient (Wildman–Crippen LogP) is 2.05. The Labute approximate surface area is 166 Å². The number of anilines is 1. The minimum Gasteiger partial charge on any atom is -0.352 e. The van der Waals surface area contributed by atoms with Crippen LogP contribution < -0.4 is 16.4 Å². The number of rotatable bonds is 7. The second kappa shape index (κ2) is 9.49. The monoisotopic (exact) mass is 411 g/mol. The minimum absolute atomic E-state index is 0.0217. The molecule has 1 aromatic rings. The molecule has 1 aliphatic carbocycles. The van der Waals surface area contributed by atoms with Crippen LogP contribution in [0.1, 0.15) is 56.1 Å². The Bertz CT molecular complexity index is 832. The SMILES string of the molecule is Cc1cc(NC(=O)CCC(N)C(=O)NC2CCCCC2)c(C)c(S(=O)(=O)O)c1. The average Bonchev–Trinajstić information content (AvgIpc) is 2.62. The molecule has 0 spiro atoms. The van der Waals surface area contributed by atoms with Crippen LogP contribution in [0.3, 0.4) is 0 Å². The summed E-state index contributed by atoms with van der Waals surface area (Å²) in [4.78, 5) is 24.2. The van der Waals surface area contributed by atoms with Crippen molar-refractivity contribution in [3.63, 3.8) is 0 Å². The summed E-state index contributed by atoms with van der Waals surface area (Å²) in [6.45, 7) is 3.16. The number of carbonyl (C=O) groups is 2. The molecule has 0 saturated heterocycles. The summed E-state index contributed by atoms with van der Waals surface area (Å²) >= 11 is 0. The minimum atomic E-state index is -4.39. The first-order valence-corrected chi connectivity index (χ1v) is 11.0. The van der Waals surface area contributed by atoms with Crippen LogP contribution >= 0.6 is 0 Å². The smallest absolute Gasteiger partial charge is 0.294 e. The maximum Gasteiger partial charge on any atom is 0.294 e. The van der Waals surface area contributed by atoms with Gasteiger partial charge >= 0.3 is 0 Å². The second-order valence-corrected chi connectivity index (χ2v) is 8.84. The van der Waals surface area contributed by atoms with Crippen molar-refractivity contribution >= 4 is 27.6 Å². The molecular formula is C19H29N3O5S. The van der Waals surface area contributed by atoms with E-state index in [1.807, 2.05) is 0 Å². The molecule has 2 amide bonds. The normalized spacial score (nSPS) is 16.4. The van der Waals surface area contributed by atoms with Crippen LogP contribution in [0.5, 0.6) is 0 Å². The van der Waals surface area contributed by atoms with E-state index in [0.29, 0.717) is 11.3 Å². The van der Waals surface area contributed by atoms with E-state index in [-0.39, 0.29) is 41.2 Å². The van der Waals surface area contributed by atoms with Gasteiger partial charge in [-0.1, -0.05) is 19.3 Å². The van der Waals surface area contributed by atoms with Gasteiger partial charge in [0.1, 0.15) is 0 Å². The number of hydrogen-bond acceptors (Lipinski definition) is 5. The van der Waals surface area contributed by atoms with Crippen LogP contribution in [0.25, 0.3) is 0 Å². The third-order valence-corrected chi connectivity index (χ3v) is 6.01. The number of carbonyl (C=O) groups excluding carboxylic acids is 2. The highest BCUT2D eigenvalue weighted by Gasteiger charge is 2.21. The summed E-state index contributed by atoms with van der Waals surface area (Å²) in [5.74, 6) is -0.629. The molecule has 1 unspecified atom stereocenters. The van der Waals surface area contributed by atoms with Crippen molar-refractivity contribution in [2.45, 2.75) is 75.8 Å². The van der Waals surface area contributed by atoms with Gasteiger partial charge in [-0.2, -0.15) is 8.42 Å². The fourth-order valence-electron chi connectivity index (χ4n) is 3.41. The van der Waals surface area contributed by atoms with Gasteiger partial charge in [-0.25, -0.2) is 0 Å². The fraction of sp³-hybridized carbons (Fsp3) is 0.579. The number of aryl methyl sites for hydroxylation is 1. The van der Waals surface area contributed by atoms with E-state index in [4.69, 9.17) is 5.73 Å². The molecule has 2 rings (SSSR count). The summed E-state index contributed by atoms with van der Waals surface area (Å²) in [6.07, 6.45) is 5.52. The van der Waals surface area contributed by atoms with Crippen LogP contribution in [0.4, 0.5) is 5.69 Å². The Hall–Kier alpha value is -1.97. The first-order chi connectivity index (χ1) is 13.1. The molecule has 0 aromatic heterocycles. The van der Waals surface area contributed by atoms with E-state index < -0.39 is 16.2 Å². The Morgan fingerprint density at radius 3 is 2.46 bits per heavy atom. The largest absolute Gasteiger partial charge is 0.352 e. The predicted molar refractivity (Wildman–Crippen MR) is 107 cm³/mol. The highest BCUT2D eigenvalue weighted by molar-refractivity contribution is 7.85. The van der Waals surface area contributed by atoms with Crippen LogP contribution in [0.2, 0.25) is 0 Å². The zero-order valence-electron chi connectivity index (χ0n) is 16.3. The van der Waals surface area contributed by atoms with Crippen molar-refractivity contribution in [1.29, 1.82) is 0 Å². The Morgan fingerprint density at radius 1 is 1.21 bits per heavy atom. The highest BCUT2D eigenvalue weighted by atomic mass is 32.2. The van der Waals surface area contributed by atoms with Gasteiger partial charge in [-0.05, 0) is 56.4 Å².